The van der Waals surface area contributed by atoms with Gasteiger partial charge in [-0.3, -0.25) is 10.9 Å². The first kappa shape index (κ1) is 23.9. The molecule has 0 radical (unpaired) electrons. The standard InChI is InChI=1S/C21H25F3N8O2S/c1-35(33,34)31-7-5-16(6-8-31)28-20-29-19-17(13-3-2-4-15(9-13)21(22,23)24)18(14-10-26-27-11-14)25-12-32(19)30-20/h2-4,9,12,14,16,26-27H,5-8,10-11H2,1H3,(H,28,30). The van der Waals surface area contributed by atoms with Crippen LogP contribution in [0, 0.1) is 0 Å². The van der Waals surface area contributed by atoms with E-state index in [1.807, 2.05) is 0 Å². The number of sulfonamides is 1. The summed E-state index contributed by atoms with van der Waals surface area (Å²) in [6.45, 7) is 1.94. The first-order chi connectivity index (χ1) is 16.6. The number of aromatic nitrogens is 4. The Balaban J connectivity index is 1.51. The maximum atomic E-state index is 13.4. The minimum absolute atomic E-state index is 0.0296. The molecule has 3 N–H and O–H groups in total. The molecule has 2 aliphatic heterocycles. The van der Waals surface area contributed by atoms with E-state index in [-0.39, 0.29) is 12.0 Å². The lowest BCUT2D eigenvalue weighted by Crippen LogP contribution is -2.41. The first-order valence-electron chi connectivity index (χ1n) is 11.2. The number of hydrogen-bond acceptors (Lipinski definition) is 8. The van der Waals surface area contributed by atoms with Gasteiger partial charge in [0.15, 0.2) is 5.65 Å². The first-order valence-corrected chi connectivity index (χ1v) is 13.0. The molecule has 0 atom stereocenters. The molecule has 5 rings (SSSR count). The average molecular weight is 511 g/mol. The molecule has 188 valence electrons. The second-order valence-electron chi connectivity index (χ2n) is 8.83. The Kier molecular flexibility index (Phi) is 6.15. The number of nitrogens with zero attached hydrogens (tertiary/aromatic N) is 5. The lowest BCUT2D eigenvalue weighted by molar-refractivity contribution is -0.137. The lowest BCUT2D eigenvalue weighted by Gasteiger charge is -2.30. The molecule has 2 aromatic heterocycles. The number of anilines is 1. The van der Waals surface area contributed by atoms with Crippen molar-refractivity contribution in [3.05, 3.63) is 41.9 Å². The minimum atomic E-state index is -4.48. The van der Waals surface area contributed by atoms with Crippen molar-refractivity contribution in [2.45, 2.75) is 31.0 Å². The predicted molar refractivity (Wildman–Crippen MR) is 123 cm³/mol. The fourth-order valence-electron chi connectivity index (χ4n) is 4.54. The number of piperidine rings is 1. The summed E-state index contributed by atoms with van der Waals surface area (Å²) >= 11 is 0. The third-order valence-corrected chi connectivity index (χ3v) is 7.66. The molecule has 0 spiro atoms. The number of halogens is 3. The summed E-state index contributed by atoms with van der Waals surface area (Å²) in [6, 6.07) is 5.11. The lowest BCUT2D eigenvalue weighted by atomic mass is 9.95. The molecule has 0 bridgehead atoms. The third kappa shape index (κ3) is 4.96. The van der Waals surface area contributed by atoms with Crippen molar-refractivity contribution in [1.29, 1.82) is 0 Å². The molecule has 14 heteroatoms. The van der Waals surface area contributed by atoms with Gasteiger partial charge >= 0.3 is 6.18 Å². The highest BCUT2D eigenvalue weighted by molar-refractivity contribution is 7.88. The predicted octanol–water partition coefficient (Wildman–Crippen LogP) is 1.84. The van der Waals surface area contributed by atoms with Crippen molar-refractivity contribution in [3.63, 3.8) is 0 Å². The van der Waals surface area contributed by atoms with E-state index in [1.165, 1.54) is 27.5 Å². The molecule has 2 aliphatic rings. The molecular formula is C21H25F3N8O2S. The van der Waals surface area contributed by atoms with Crippen LogP contribution in [0.25, 0.3) is 16.8 Å². The van der Waals surface area contributed by atoms with Gasteiger partial charge in [-0.15, -0.1) is 5.10 Å². The van der Waals surface area contributed by atoms with E-state index in [0.29, 0.717) is 67.4 Å². The van der Waals surface area contributed by atoms with Crippen LogP contribution in [0.1, 0.15) is 30.0 Å². The Morgan fingerprint density at radius 3 is 2.51 bits per heavy atom. The highest BCUT2D eigenvalue weighted by Crippen LogP contribution is 2.36. The molecule has 3 aromatic rings. The second kappa shape index (κ2) is 9.00. The fraction of sp³-hybridized carbons (Fsp3) is 0.476. The van der Waals surface area contributed by atoms with Crippen LogP contribution in [-0.4, -0.2) is 70.8 Å². The summed E-state index contributed by atoms with van der Waals surface area (Å²) in [4.78, 5) is 9.17. The molecule has 0 amide bonds. The molecule has 0 saturated carbocycles. The highest BCUT2D eigenvalue weighted by Gasteiger charge is 2.32. The largest absolute Gasteiger partial charge is 0.416 e. The van der Waals surface area contributed by atoms with E-state index >= 15 is 0 Å². The zero-order valence-corrected chi connectivity index (χ0v) is 19.7. The van der Waals surface area contributed by atoms with Crippen molar-refractivity contribution < 1.29 is 21.6 Å². The van der Waals surface area contributed by atoms with E-state index in [4.69, 9.17) is 0 Å². The molecule has 2 saturated heterocycles. The summed E-state index contributed by atoms with van der Waals surface area (Å²) < 4.78 is 66.8. The van der Waals surface area contributed by atoms with Crippen molar-refractivity contribution in [3.8, 4) is 11.1 Å². The van der Waals surface area contributed by atoms with Crippen LogP contribution >= 0.6 is 0 Å². The molecule has 1 aromatic carbocycles. The number of hydrazine groups is 1. The topological polar surface area (TPSA) is 117 Å². The summed E-state index contributed by atoms with van der Waals surface area (Å²) in [5, 5.41) is 7.69. The van der Waals surface area contributed by atoms with Crippen molar-refractivity contribution in [1.82, 2.24) is 34.7 Å². The highest BCUT2D eigenvalue weighted by atomic mass is 32.2. The van der Waals surface area contributed by atoms with Crippen LogP contribution < -0.4 is 16.2 Å². The smallest absolute Gasteiger partial charge is 0.350 e. The molecule has 35 heavy (non-hydrogen) atoms. The van der Waals surface area contributed by atoms with Crippen LogP contribution in [0.15, 0.2) is 30.6 Å². The monoisotopic (exact) mass is 510 g/mol. The maximum Gasteiger partial charge on any atom is 0.416 e. The normalized spacial score (nSPS) is 19.0. The number of nitrogens with one attached hydrogen (secondary N) is 3. The Morgan fingerprint density at radius 1 is 1.14 bits per heavy atom. The summed E-state index contributed by atoms with van der Waals surface area (Å²) in [6.07, 6.45) is -0.589. The van der Waals surface area contributed by atoms with Gasteiger partial charge in [0, 0.05) is 43.7 Å². The van der Waals surface area contributed by atoms with Crippen molar-refractivity contribution >= 4 is 21.6 Å². The summed E-state index contributed by atoms with van der Waals surface area (Å²) in [5.74, 6) is 0.260. The number of hydrogen-bond donors (Lipinski definition) is 3. The Morgan fingerprint density at radius 2 is 1.86 bits per heavy atom. The third-order valence-electron chi connectivity index (χ3n) is 6.36. The van der Waals surface area contributed by atoms with Crippen LogP contribution in [0.4, 0.5) is 19.1 Å². The van der Waals surface area contributed by atoms with Crippen LogP contribution in [0.2, 0.25) is 0 Å². The van der Waals surface area contributed by atoms with Gasteiger partial charge in [0.2, 0.25) is 16.0 Å². The molecule has 4 heterocycles. The van der Waals surface area contributed by atoms with Crippen LogP contribution in [0.3, 0.4) is 0 Å². The van der Waals surface area contributed by atoms with Gasteiger partial charge in [0.05, 0.1) is 17.5 Å². The number of alkyl halides is 3. The second-order valence-corrected chi connectivity index (χ2v) is 10.8. The van der Waals surface area contributed by atoms with E-state index in [1.54, 1.807) is 6.07 Å². The summed E-state index contributed by atoms with van der Waals surface area (Å²) in [7, 11) is -3.23. The molecule has 0 aliphatic carbocycles. The maximum absolute atomic E-state index is 13.4. The molecular weight excluding hydrogens is 485 g/mol. The van der Waals surface area contributed by atoms with Crippen LogP contribution in [0.5, 0.6) is 0 Å². The zero-order valence-electron chi connectivity index (χ0n) is 18.9. The van der Waals surface area contributed by atoms with Gasteiger partial charge in [-0.2, -0.15) is 22.7 Å². The van der Waals surface area contributed by atoms with E-state index in [2.05, 4.69) is 31.2 Å². The SMILES string of the molecule is CS(=O)(=O)N1CCC(Nc2nc3c(-c4cccc(C(F)(F)F)c4)c(C4CNNC4)ncn3n2)CC1. The molecule has 0 unspecified atom stereocenters. The Labute approximate surface area is 200 Å². The Bertz CT molecular complexity index is 1330. The zero-order chi connectivity index (χ0) is 24.8. The van der Waals surface area contributed by atoms with E-state index < -0.39 is 21.8 Å². The quantitative estimate of drug-likeness (QED) is 0.476. The number of fused-ring (bicyclic) bond motifs is 1. The molecule has 10 nitrogen and oxygen atoms in total. The van der Waals surface area contributed by atoms with E-state index in [0.717, 1.165) is 12.1 Å². The van der Waals surface area contributed by atoms with Crippen molar-refractivity contribution in [2.75, 3.05) is 37.8 Å². The minimum Gasteiger partial charge on any atom is -0.350 e. The van der Waals surface area contributed by atoms with Gasteiger partial charge in [-0.1, -0.05) is 12.1 Å². The van der Waals surface area contributed by atoms with Gasteiger partial charge in [-0.05, 0) is 30.5 Å². The summed E-state index contributed by atoms with van der Waals surface area (Å²) in [5.41, 5.74) is 7.22. The average Bonchev–Trinajstić information content (AvgIpc) is 3.47. The van der Waals surface area contributed by atoms with Gasteiger partial charge in [-0.25, -0.2) is 17.7 Å². The number of rotatable bonds is 5. The van der Waals surface area contributed by atoms with Gasteiger partial charge in [0.25, 0.3) is 0 Å². The van der Waals surface area contributed by atoms with Crippen molar-refractivity contribution in [2.24, 2.45) is 0 Å². The van der Waals surface area contributed by atoms with Crippen LogP contribution in [-0.2, 0) is 16.2 Å². The van der Waals surface area contributed by atoms with Gasteiger partial charge < -0.3 is 5.32 Å². The van der Waals surface area contributed by atoms with Gasteiger partial charge in [0.1, 0.15) is 6.33 Å². The number of benzene rings is 1. The Hall–Kier alpha value is -2.81. The fourth-order valence-corrected chi connectivity index (χ4v) is 5.41. The van der Waals surface area contributed by atoms with E-state index in [9.17, 15) is 21.6 Å². The molecule has 2 fully saturated rings.